The monoisotopic (exact) mass is 168 g/mol. The molecule has 0 spiro atoms. The van der Waals surface area contributed by atoms with Crippen LogP contribution in [-0.4, -0.2) is 6.29 Å². The number of hydrogen-bond donors (Lipinski definition) is 0. The first kappa shape index (κ1) is 9.76. The predicted molar refractivity (Wildman–Crippen MR) is 51.0 cm³/mol. The highest BCUT2D eigenvalue weighted by molar-refractivity contribution is 5.54. The summed E-state index contributed by atoms with van der Waals surface area (Å²) in [5.74, 6) is 1.55. The van der Waals surface area contributed by atoms with Crippen LogP contribution in [0, 0.1) is 17.8 Å². The SMILES string of the molecule is CC(C)C(C=O)C1CCCCC1. The Morgan fingerprint density at radius 3 is 2.17 bits per heavy atom. The molecule has 1 fully saturated rings. The summed E-state index contributed by atoms with van der Waals surface area (Å²) in [6.45, 7) is 4.32. The Bertz CT molecular complexity index is 134. The standard InChI is InChI=1S/C11H20O/c1-9(2)11(8-12)10-6-4-3-5-7-10/h8-11H,3-7H2,1-2H3. The highest BCUT2D eigenvalue weighted by Gasteiger charge is 2.25. The Kier molecular flexibility index (Phi) is 3.77. The molecule has 0 aromatic heterocycles. The highest BCUT2D eigenvalue weighted by atomic mass is 16.1. The van der Waals surface area contributed by atoms with Crippen molar-refractivity contribution >= 4 is 6.29 Å². The van der Waals surface area contributed by atoms with E-state index in [9.17, 15) is 4.79 Å². The van der Waals surface area contributed by atoms with E-state index < -0.39 is 0 Å². The quantitative estimate of drug-likeness (QED) is 0.592. The van der Waals surface area contributed by atoms with Gasteiger partial charge in [-0.3, -0.25) is 0 Å². The summed E-state index contributed by atoms with van der Waals surface area (Å²) < 4.78 is 0. The molecule has 0 bridgehead atoms. The minimum Gasteiger partial charge on any atom is -0.303 e. The Labute approximate surface area is 75.5 Å². The third-order valence-electron chi connectivity index (χ3n) is 3.12. The Morgan fingerprint density at radius 1 is 1.17 bits per heavy atom. The second-order valence-electron chi connectivity index (χ2n) is 4.36. The summed E-state index contributed by atoms with van der Waals surface area (Å²) in [7, 11) is 0. The molecule has 70 valence electrons. The normalized spacial score (nSPS) is 22.6. The molecule has 0 saturated heterocycles. The van der Waals surface area contributed by atoms with Gasteiger partial charge in [0.15, 0.2) is 0 Å². The van der Waals surface area contributed by atoms with Crippen LogP contribution in [0.2, 0.25) is 0 Å². The van der Waals surface area contributed by atoms with E-state index in [1.54, 1.807) is 0 Å². The second kappa shape index (κ2) is 4.64. The fraction of sp³-hybridized carbons (Fsp3) is 0.909. The van der Waals surface area contributed by atoms with Crippen LogP contribution in [0.15, 0.2) is 0 Å². The molecular formula is C11H20O. The summed E-state index contributed by atoms with van der Waals surface area (Å²) >= 11 is 0. The van der Waals surface area contributed by atoms with Gasteiger partial charge < -0.3 is 4.79 Å². The number of carbonyl (C=O) groups is 1. The van der Waals surface area contributed by atoms with Crippen molar-refractivity contribution in [2.75, 3.05) is 0 Å². The average Bonchev–Trinajstić information content (AvgIpc) is 2.07. The third-order valence-corrected chi connectivity index (χ3v) is 3.12. The minimum absolute atomic E-state index is 0.324. The van der Waals surface area contributed by atoms with Crippen LogP contribution in [0.25, 0.3) is 0 Å². The van der Waals surface area contributed by atoms with E-state index in [0.717, 1.165) is 0 Å². The molecule has 1 heteroatoms. The Hall–Kier alpha value is -0.330. The lowest BCUT2D eigenvalue weighted by molar-refractivity contribution is -0.114. The predicted octanol–water partition coefficient (Wildman–Crippen LogP) is 3.04. The van der Waals surface area contributed by atoms with Gasteiger partial charge in [-0.25, -0.2) is 0 Å². The molecule has 1 rings (SSSR count). The molecule has 0 aromatic carbocycles. The molecule has 1 unspecified atom stereocenters. The zero-order valence-corrected chi connectivity index (χ0v) is 8.25. The van der Waals surface area contributed by atoms with E-state index in [1.807, 2.05) is 0 Å². The van der Waals surface area contributed by atoms with Crippen LogP contribution in [0.5, 0.6) is 0 Å². The van der Waals surface area contributed by atoms with E-state index >= 15 is 0 Å². The van der Waals surface area contributed by atoms with E-state index in [-0.39, 0.29) is 0 Å². The lowest BCUT2D eigenvalue weighted by Gasteiger charge is -2.28. The van der Waals surface area contributed by atoms with Crippen molar-refractivity contribution in [1.29, 1.82) is 0 Å². The van der Waals surface area contributed by atoms with Gasteiger partial charge in [0.1, 0.15) is 6.29 Å². The first-order chi connectivity index (χ1) is 5.75. The Morgan fingerprint density at radius 2 is 1.75 bits per heavy atom. The number of rotatable bonds is 3. The van der Waals surface area contributed by atoms with E-state index in [0.29, 0.717) is 17.8 Å². The fourth-order valence-corrected chi connectivity index (χ4v) is 2.33. The molecule has 0 radical (unpaired) electrons. The fourth-order valence-electron chi connectivity index (χ4n) is 2.33. The maximum absolute atomic E-state index is 10.8. The summed E-state index contributed by atoms with van der Waals surface area (Å²) in [6, 6.07) is 0. The molecule has 1 aliphatic carbocycles. The topological polar surface area (TPSA) is 17.1 Å². The summed E-state index contributed by atoms with van der Waals surface area (Å²) in [6.07, 6.45) is 7.79. The van der Waals surface area contributed by atoms with Gasteiger partial charge in [0.2, 0.25) is 0 Å². The maximum Gasteiger partial charge on any atom is 0.123 e. The molecule has 1 aliphatic rings. The zero-order chi connectivity index (χ0) is 8.97. The number of aldehydes is 1. The van der Waals surface area contributed by atoms with Crippen LogP contribution in [0.1, 0.15) is 46.0 Å². The largest absolute Gasteiger partial charge is 0.303 e. The van der Waals surface area contributed by atoms with Crippen LogP contribution in [-0.2, 0) is 4.79 Å². The van der Waals surface area contributed by atoms with Crippen molar-refractivity contribution in [3.8, 4) is 0 Å². The zero-order valence-electron chi connectivity index (χ0n) is 8.25. The second-order valence-corrected chi connectivity index (χ2v) is 4.36. The van der Waals surface area contributed by atoms with Crippen molar-refractivity contribution in [2.24, 2.45) is 17.8 Å². The van der Waals surface area contributed by atoms with E-state index in [1.165, 1.54) is 38.4 Å². The summed E-state index contributed by atoms with van der Waals surface area (Å²) in [4.78, 5) is 10.8. The first-order valence-electron chi connectivity index (χ1n) is 5.21. The molecule has 1 saturated carbocycles. The van der Waals surface area contributed by atoms with Gasteiger partial charge in [-0.15, -0.1) is 0 Å². The Balaban J connectivity index is 2.45. The smallest absolute Gasteiger partial charge is 0.123 e. The van der Waals surface area contributed by atoms with Gasteiger partial charge in [-0.1, -0.05) is 33.1 Å². The molecule has 1 atom stereocenters. The van der Waals surface area contributed by atoms with Crippen molar-refractivity contribution in [3.05, 3.63) is 0 Å². The molecule has 0 aromatic rings. The van der Waals surface area contributed by atoms with E-state index in [4.69, 9.17) is 0 Å². The molecule has 0 amide bonds. The van der Waals surface area contributed by atoms with Gasteiger partial charge >= 0.3 is 0 Å². The van der Waals surface area contributed by atoms with Crippen LogP contribution in [0.4, 0.5) is 0 Å². The maximum atomic E-state index is 10.8. The minimum atomic E-state index is 0.324. The third kappa shape index (κ3) is 2.33. The van der Waals surface area contributed by atoms with Crippen molar-refractivity contribution in [3.63, 3.8) is 0 Å². The molecule has 0 N–H and O–H groups in total. The number of hydrogen-bond acceptors (Lipinski definition) is 1. The highest BCUT2D eigenvalue weighted by Crippen LogP contribution is 2.32. The van der Waals surface area contributed by atoms with Crippen molar-refractivity contribution < 1.29 is 4.79 Å². The molecule has 0 heterocycles. The van der Waals surface area contributed by atoms with Crippen LogP contribution >= 0.6 is 0 Å². The first-order valence-corrected chi connectivity index (χ1v) is 5.21. The van der Waals surface area contributed by atoms with E-state index in [2.05, 4.69) is 13.8 Å². The molecule has 0 aliphatic heterocycles. The summed E-state index contributed by atoms with van der Waals surface area (Å²) in [5.41, 5.74) is 0. The van der Waals surface area contributed by atoms with Crippen LogP contribution < -0.4 is 0 Å². The van der Waals surface area contributed by atoms with Crippen molar-refractivity contribution in [2.45, 2.75) is 46.0 Å². The molecule has 1 nitrogen and oxygen atoms in total. The lowest BCUT2D eigenvalue weighted by Crippen LogP contribution is -2.23. The molecular weight excluding hydrogens is 148 g/mol. The van der Waals surface area contributed by atoms with Gasteiger partial charge in [0.25, 0.3) is 0 Å². The van der Waals surface area contributed by atoms with Crippen molar-refractivity contribution in [1.82, 2.24) is 0 Å². The van der Waals surface area contributed by atoms with Gasteiger partial charge in [0, 0.05) is 5.92 Å². The van der Waals surface area contributed by atoms with Gasteiger partial charge in [-0.05, 0) is 24.7 Å². The van der Waals surface area contributed by atoms with Gasteiger partial charge in [-0.2, -0.15) is 0 Å². The summed E-state index contributed by atoms with van der Waals surface area (Å²) in [5, 5.41) is 0. The van der Waals surface area contributed by atoms with Gasteiger partial charge in [0.05, 0.1) is 0 Å². The number of carbonyl (C=O) groups excluding carboxylic acids is 1. The van der Waals surface area contributed by atoms with Crippen LogP contribution in [0.3, 0.4) is 0 Å². The lowest BCUT2D eigenvalue weighted by atomic mass is 9.76. The molecule has 12 heavy (non-hydrogen) atoms. The average molecular weight is 168 g/mol.